The fourth-order valence-electron chi connectivity index (χ4n) is 2.70. The fourth-order valence-corrected chi connectivity index (χ4v) is 3.83. The van der Waals surface area contributed by atoms with Gasteiger partial charge in [0.1, 0.15) is 0 Å². The second-order valence-corrected chi connectivity index (χ2v) is 6.75. The van der Waals surface area contributed by atoms with Gasteiger partial charge in [-0.1, -0.05) is 29.8 Å². The van der Waals surface area contributed by atoms with Gasteiger partial charge in [0.15, 0.2) is 5.13 Å². The maximum Gasteiger partial charge on any atom is 0.232 e. The third-order valence-electron chi connectivity index (χ3n) is 3.93. The first-order valence-corrected chi connectivity index (χ1v) is 8.26. The Bertz CT molecular complexity index is 639. The largest absolute Gasteiger partial charge is 0.291 e. The Hall–Kier alpha value is -1.68. The van der Waals surface area contributed by atoms with Crippen molar-refractivity contribution in [1.29, 1.82) is 0 Å². The van der Waals surface area contributed by atoms with E-state index in [1.165, 1.54) is 29.0 Å². The van der Waals surface area contributed by atoms with Gasteiger partial charge in [0.05, 0.1) is 12.1 Å². The molecule has 0 radical (unpaired) electrons. The molecule has 21 heavy (non-hydrogen) atoms. The standard InChI is InChI=1S/C17H20N2OS/c1-12-6-5-7-13(10-12)11-16(20)19(2)17-18-14-8-3-4-9-15(14)21-17/h5-7,10H,3-4,8-9,11H2,1-2H3. The molecule has 3 rings (SSSR count). The summed E-state index contributed by atoms with van der Waals surface area (Å²) >= 11 is 1.68. The van der Waals surface area contributed by atoms with Crippen LogP contribution in [0.25, 0.3) is 0 Å². The molecule has 0 fully saturated rings. The number of aromatic nitrogens is 1. The van der Waals surface area contributed by atoms with Crippen molar-refractivity contribution in [3.8, 4) is 0 Å². The summed E-state index contributed by atoms with van der Waals surface area (Å²) in [7, 11) is 1.84. The summed E-state index contributed by atoms with van der Waals surface area (Å²) in [6, 6.07) is 8.12. The van der Waals surface area contributed by atoms with Crippen molar-refractivity contribution in [2.24, 2.45) is 0 Å². The highest BCUT2D eigenvalue weighted by atomic mass is 32.1. The van der Waals surface area contributed by atoms with E-state index in [1.807, 2.05) is 32.2 Å². The van der Waals surface area contributed by atoms with Crippen molar-refractivity contribution in [1.82, 2.24) is 4.98 Å². The summed E-state index contributed by atoms with van der Waals surface area (Å²) in [5.41, 5.74) is 3.46. The van der Waals surface area contributed by atoms with Crippen LogP contribution in [0.15, 0.2) is 24.3 Å². The number of amides is 1. The number of likely N-dealkylation sites (N-methyl/N-ethyl adjacent to an activating group) is 1. The number of nitrogens with zero attached hydrogens (tertiary/aromatic N) is 2. The molecule has 1 aliphatic rings. The fraction of sp³-hybridized carbons (Fsp3) is 0.412. The number of thiazole rings is 1. The summed E-state index contributed by atoms with van der Waals surface area (Å²) in [4.78, 5) is 20.2. The predicted octanol–water partition coefficient (Wildman–Crippen LogP) is 3.54. The number of benzene rings is 1. The number of carbonyl (C=O) groups excluding carboxylic acids is 1. The number of rotatable bonds is 3. The predicted molar refractivity (Wildman–Crippen MR) is 87.0 cm³/mol. The van der Waals surface area contributed by atoms with Gasteiger partial charge in [0, 0.05) is 11.9 Å². The van der Waals surface area contributed by atoms with Crippen molar-refractivity contribution in [3.63, 3.8) is 0 Å². The molecule has 1 amide bonds. The van der Waals surface area contributed by atoms with Crippen LogP contribution in [-0.4, -0.2) is 17.9 Å². The van der Waals surface area contributed by atoms with Gasteiger partial charge in [-0.15, -0.1) is 11.3 Å². The monoisotopic (exact) mass is 300 g/mol. The molecule has 1 aromatic heterocycles. The molecule has 1 heterocycles. The average molecular weight is 300 g/mol. The van der Waals surface area contributed by atoms with Gasteiger partial charge in [0.25, 0.3) is 0 Å². The number of hydrogen-bond acceptors (Lipinski definition) is 3. The zero-order valence-corrected chi connectivity index (χ0v) is 13.4. The average Bonchev–Trinajstić information content (AvgIpc) is 2.90. The summed E-state index contributed by atoms with van der Waals surface area (Å²) < 4.78 is 0. The van der Waals surface area contributed by atoms with E-state index in [0.717, 1.165) is 23.5 Å². The van der Waals surface area contributed by atoms with E-state index in [0.29, 0.717) is 6.42 Å². The highest BCUT2D eigenvalue weighted by molar-refractivity contribution is 7.15. The molecule has 1 aliphatic carbocycles. The number of fused-ring (bicyclic) bond motifs is 1. The van der Waals surface area contributed by atoms with Gasteiger partial charge in [-0.2, -0.15) is 0 Å². The first kappa shape index (κ1) is 14.3. The lowest BCUT2D eigenvalue weighted by molar-refractivity contribution is -0.117. The Morgan fingerprint density at radius 3 is 2.90 bits per heavy atom. The first-order chi connectivity index (χ1) is 10.1. The minimum absolute atomic E-state index is 0.103. The Morgan fingerprint density at radius 1 is 1.33 bits per heavy atom. The van der Waals surface area contributed by atoms with Crippen LogP contribution in [0.5, 0.6) is 0 Å². The van der Waals surface area contributed by atoms with E-state index in [2.05, 4.69) is 11.1 Å². The van der Waals surface area contributed by atoms with Crippen LogP contribution < -0.4 is 4.90 Å². The van der Waals surface area contributed by atoms with E-state index in [-0.39, 0.29) is 5.91 Å². The van der Waals surface area contributed by atoms with Crippen molar-refractivity contribution in [3.05, 3.63) is 46.0 Å². The van der Waals surface area contributed by atoms with Crippen LogP contribution in [0, 0.1) is 6.92 Å². The van der Waals surface area contributed by atoms with Crippen LogP contribution >= 0.6 is 11.3 Å². The van der Waals surface area contributed by atoms with E-state index in [1.54, 1.807) is 16.2 Å². The van der Waals surface area contributed by atoms with E-state index < -0.39 is 0 Å². The van der Waals surface area contributed by atoms with Crippen LogP contribution in [-0.2, 0) is 24.1 Å². The molecule has 1 aromatic carbocycles. The van der Waals surface area contributed by atoms with Gasteiger partial charge < -0.3 is 0 Å². The summed E-state index contributed by atoms with van der Waals surface area (Å²) in [6.45, 7) is 2.05. The van der Waals surface area contributed by atoms with Crippen molar-refractivity contribution in [2.75, 3.05) is 11.9 Å². The Balaban J connectivity index is 1.73. The highest BCUT2D eigenvalue weighted by Gasteiger charge is 2.20. The second-order valence-electron chi connectivity index (χ2n) is 5.69. The SMILES string of the molecule is Cc1cccc(CC(=O)N(C)c2nc3c(s2)CCCC3)c1. The van der Waals surface area contributed by atoms with Crippen LogP contribution in [0.2, 0.25) is 0 Å². The molecule has 3 nitrogen and oxygen atoms in total. The van der Waals surface area contributed by atoms with Crippen molar-refractivity contribution >= 4 is 22.4 Å². The normalized spacial score (nSPS) is 13.8. The third-order valence-corrected chi connectivity index (χ3v) is 5.17. The quantitative estimate of drug-likeness (QED) is 0.868. The van der Waals surface area contributed by atoms with Crippen LogP contribution in [0.1, 0.15) is 34.5 Å². The molecule has 0 saturated carbocycles. The lowest BCUT2D eigenvalue weighted by Gasteiger charge is -2.13. The van der Waals surface area contributed by atoms with Crippen LogP contribution in [0.4, 0.5) is 5.13 Å². The lowest BCUT2D eigenvalue weighted by atomic mass is 10.0. The zero-order chi connectivity index (χ0) is 14.8. The minimum atomic E-state index is 0.103. The summed E-state index contributed by atoms with van der Waals surface area (Å²) in [6.07, 6.45) is 5.08. The van der Waals surface area contributed by atoms with E-state index in [9.17, 15) is 4.79 Å². The first-order valence-electron chi connectivity index (χ1n) is 7.44. The lowest BCUT2D eigenvalue weighted by Crippen LogP contribution is -2.27. The Morgan fingerprint density at radius 2 is 2.14 bits per heavy atom. The number of aryl methyl sites for hydroxylation is 3. The number of carbonyl (C=O) groups is 1. The molecule has 0 N–H and O–H groups in total. The molecule has 2 aromatic rings. The molecule has 0 unspecified atom stereocenters. The number of hydrogen-bond donors (Lipinski definition) is 0. The van der Waals surface area contributed by atoms with Crippen LogP contribution in [0.3, 0.4) is 0 Å². The topological polar surface area (TPSA) is 33.2 Å². The van der Waals surface area contributed by atoms with Crippen molar-refractivity contribution < 1.29 is 4.79 Å². The molecule has 110 valence electrons. The minimum Gasteiger partial charge on any atom is -0.291 e. The van der Waals surface area contributed by atoms with Gasteiger partial charge >= 0.3 is 0 Å². The molecule has 0 spiro atoms. The van der Waals surface area contributed by atoms with E-state index >= 15 is 0 Å². The van der Waals surface area contributed by atoms with Crippen molar-refractivity contribution in [2.45, 2.75) is 39.0 Å². The molecule has 4 heteroatoms. The van der Waals surface area contributed by atoms with Gasteiger partial charge in [-0.25, -0.2) is 4.98 Å². The Kier molecular flexibility index (Phi) is 4.06. The van der Waals surface area contributed by atoms with E-state index in [4.69, 9.17) is 0 Å². The Labute approximate surface area is 129 Å². The summed E-state index contributed by atoms with van der Waals surface area (Å²) in [5, 5.41) is 0.847. The summed E-state index contributed by atoms with van der Waals surface area (Å²) in [5.74, 6) is 0.103. The zero-order valence-electron chi connectivity index (χ0n) is 12.6. The molecule has 0 bridgehead atoms. The molecule has 0 atom stereocenters. The van der Waals surface area contributed by atoms with Gasteiger partial charge in [0.2, 0.25) is 5.91 Å². The van der Waals surface area contributed by atoms with Gasteiger partial charge in [-0.05, 0) is 38.2 Å². The van der Waals surface area contributed by atoms with Gasteiger partial charge in [-0.3, -0.25) is 9.69 Å². The molecule has 0 saturated heterocycles. The third kappa shape index (κ3) is 3.16. The second kappa shape index (κ2) is 5.98. The maximum absolute atomic E-state index is 12.4. The molecule has 0 aliphatic heterocycles. The number of anilines is 1. The molecular weight excluding hydrogens is 280 g/mol. The molecular formula is C17H20N2OS. The maximum atomic E-state index is 12.4. The highest BCUT2D eigenvalue weighted by Crippen LogP contribution is 2.31. The smallest absolute Gasteiger partial charge is 0.232 e.